The standard InChI is InChI=1S/C15H23N3S/c1-2-13-6-4-3-5-9-18(13)11-12-7-8-17-14(10-12)15(16)19/h7-8,10,13H,2-6,9,11H2,1H3,(H2,16,19). The molecule has 0 saturated carbocycles. The average molecular weight is 277 g/mol. The lowest BCUT2D eigenvalue weighted by atomic mass is 10.1. The first kappa shape index (κ1) is 14.4. The van der Waals surface area contributed by atoms with Gasteiger partial charge < -0.3 is 5.73 Å². The van der Waals surface area contributed by atoms with Crippen LogP contribution in [0.15, 0.2) is 18.3 Å². The third-order valence-electron chi connectivity index (χ3n) is 3.93. The van der Waals surface area contributed by atoms with Crippen LogP contribution in [0.2, 0.25) is 0 Å². The lowest BCUT2D eigenvalue weighted by molar-refractivity contribution is 0.186. The molecule has 2 rings (SSSR count). The zero-order chi connectivity index (χ0) is 13.7. The van der Waals surface area contributed by atoms with Crippen LogP contribution in [0.3, 0.4) is 0 Å². The number of aromatic nitrogens is 1. The highest BCUT2D eigenvalue weighted by atomic mass is 32.1. The molecule has 0 bridgehead atoms. The van der Waals surface area contributed by atoms with E-state index >= 15 is 0 Å². The molecule has 0 aromatic carbocycles. The largest absolute Gasteiger partial charge is 0.388 e. The maximum Gasteiger partial charge on any atom is 0.122 e. The van der Waals surface area contributed by atoms with E-state index in [1.165, 1.54) is 44.2 Å². The predicted octanol–water partition coefficient (Wildman–Crippen LogP) is 2.87. The van der Waals surface area contributed by atoms with E-state index in [-0.39, 0.29) is 0 Å². The SMILES string of the molecule is CCC1CCCCCN1Cc1ccnc(C(N)=S)c1. The van der Waals surface area contributed by atoms with Gasteiger partial charge in [0.25, 0.3) is 0 Å². The highest BCUT2D eigenvalue weighted by Crippen LogP contribution is 2.21. The van der Waals surface area contributed by atoms with E-state index in [0.29, 0.717) is 11.0 Å². The molecular formula is C15H23N3S. The van der Waals surface area contributed by atoms with Gasteiger partial charge in [-0.1, -0.05) is 32.0 Å². The molecule has 1 aromatic heterocycles. The first-order valence-electron chi connectivity index (χ1n) is 7.19. The summed E-state index contributed by atoms with van der Waals surface area (Å²) in [7, 11) is 0. The summed E-state index contributed by atoms with van der Waals surface area (Å²) < 4.78 is 0. The van der Waals surface area contributed by atoms with E-state index in [9.17, 15) is 0 Å². The van der Waals surface area contributed by atoms with Crippen molar-refractivity contribution in [2.75, 3.05) is 6.54 Å². The van der Waals surface area contributed by atoms with Gasteiger partial charge in [0, 0.05) is 18.8 Å². The molecule has 0 radical (unpaired) electrons. The highest BCUT2D eigenvalue weighted by molar-refractivity contribution is 7.80. The van der Waals surface area contributed by atoms with Gasteiger partial charge in [-0.25, -0.2) is 0 Å². The molecular weight excluding hydrogens is 254 g/mol. The quantitative estimate of drug-likeness (QED) is 0.859. The zero-order valence-electron chi connectivity index (χ0n) is 11.6. The van der Waals surface area contributed by atoms with Crippen molar-refractivity contribution >= 4 is 17.2 Å². The molecule has 1 fully saturated rings. The molecule has 1 saturated heterocycles. The Labute approximate surface area is 121 Å². The number of thiocarbonyl (C=S) groups is 1. The van der Waals surface area contributed by atoms with Crippen molar-refractivity contribution in [2.45, 2.75) is 51.6 Å². The minimum absolute atomic E-state index is 0.379. The zero-order valence-corrected chi connectivity index (χ0v) is 12.5. The molecule has 2 heterocycles. The van der Waals surface area contributed by atoms with Crippen molar-refractivity contribution in [3.05, 3.63) is 29.6 Å². The van der Waals surface area contributed by atoms with Crippen molar-refractivity contribution in [3.8, 4) is 0 Å². The summed E-state index contributed by atoms with van der Waals surface area (Å²) in [6.45, 7) is 4.47. The van der Waals surface area contributed by atoms with Crippen LogP contribution in [0.4, 0.5) is 0 Å². The molecule has 19 heavy (non-hydrogen) atoms. The molecule has 104 valence electrons. The normalized spacial score (nSPS) is 21.0. The van der Waals surface area contributed by atoms with Crippen LogP contribution < -0.4 is 5.73 Å². The van der Waals surface area contributed by atoms with E-state index in [2.05, 4.69) is 22.9 Å². The molecule has 1 aliphatic rings. The fourth-order valence-electron chi connectivity index (χ4n) is 2.85. The van der Waals surface area contributed by atoms with Crippen molar-refractivity contribution < 1.29 is 0 Å². The molecule has 3 nitrogen and oxygen atoms in total. The maximum atomic E-state index is 5.65. The molecule has 0 spiro atoms. The van der Waals surface area contributed by atoms with Gasteiger partial charge in [0.2, 0.25) is 0 Å². The van der Waals surface area contributed by atoms with Gasteiger partial charge in [-0.15, -0.1) is 0 Å². The third kappa shape index (κ3) is 3.98. The van der Waals surface area contributed by atoms with Gasteiger partial charge >= 0.3 is 0 Å². The average Bonchev–Trinajstić information content (AvgIpc) is 2.64. The first-order chi connectivity index (χ1) is 9.20. The summed E-state index contributed by atoms with van der Waals surface area (Å²) in [5.74, 6) is 0. The van der Waals surface area contributed by atoms with Gasteiger partial charge in [-0.3, -0.25) is 9.88 Å². The number of nitrogens with zero attached hydrogens (tertiary/aromatic N) is 2. The van der Waals surface area contributed by atoms with Crippen LogP contribution in [0, 0.1) is 0 Å². The minimum atomic E-state index is 0.379. The fourth-order valence-corrected chi connectivity index (χ4v) is 2.96. The van der Waals surface area contributed by atoms with Crippen LogP contribution in [0.25, 0.3) is 0 Å². The Kier molecular flexibility index (Phi) is 5.28. The summed E-state index contributed by atoms with van der Waals surface area (Å²) in [5.41, 5.74) is 7.64. The fraction of sp³-hybridized carbons (Fsp3) is 0.600. The van der Waals surface area contributed by atoms with E-state index < -0.39 is 0 Å². The van der Waals surface area contributed by atoms with E-state index in [0.717, 1.165) is 12.2 Å². The third-order valence-corrected chi connectivity index (χ3v) is 4.14. The molecule has 1 unspecified atom stereocenters. The van der Waals surface area contributed by atoms with Crippen LogP contribution >= 0.6 is 12.2 Å². The predicted molar refractivity (Wildman–Crippen MR) is 83.1 cm³/mol. The molecule has 4 heteroatoms. The molecule has 1 aliphatic heterocycles. The number of rotatable bonds is 4. The second-order valence-corrected chi connectivity index (χ2v) is 5.74. The summed E-state index contributed by atoms with van der Waals surface area (Å²) in [5, 5.41) is 0. The molecule has 0 aliphatic carbocycles. The van der Waals surface area contributed by atoms with Crippen molar-refractivity contribution in [1.29, 1.82) is 0 Å². The molecule has 1 aromatic rings. The maximum absolute atomic E-state index is 5.65. The van der Waals surface area contributed by atoms with E-state index in [1.54, 1.807) is 0 Å². The van der Waals surface area contributed by atoms with Gasteiger partial charge in [0.15, 0.2) is 0 Å². The number of pyridine rings is 1. The summed E-state index contributed by atoms with van der Waals surface area (Å²) >= 11 is 5.00. The lowest BCUT2D eigenvalue weighted by Gasteiger charge is -2.29. The summed E-state index contributed by atoms with van der Waals surface area (Å²) in [6, 6.07) is 4.81. The van der Waals surface area contributed by atoms with Gasteiger partial charge in [0.05, 0.1) is 5.69 Å². The van der Waals surface area contributed by atoms with Crippen LogP contribution in [0.5, 0.6) is 0 Å². The second kappa shape index (κ2) is 6.96. The Morgan fingerprint density at radius 1 is 1.47 bits per heavy atom. The van der Waals surface area contributed by atoms with Gasteiger partial charge in [-0.05, 0) is 43.5 Å². The number of hydrogen-bond acceptors (Lipinski definition) is 3. The van der Waals surface area contributed by atoms with E-state index in [4.69, 9.17) is 18.0 Å². The Balaban J connectivity index is 2.09. The highest BCUT2D eigenvalue weighted by Gasteiger charge is 2.19. The molecule has 1 atom stereocenters. The van der Waals surface area contributed by atoms with Crippen LogP contribution in [0.1, 0.15) is 50.3 Å². The Bertz CT molecular complexity index is 433. The number of hydrogen-bond donors (Lipinski definition) is 1. The molecule has 2 N–H and O–H groups in total. The second-order valence-electron chi connectivity index (χ2n) is 5.30. The Hall–Kier alpha value is -1.00. The van der Waals surface area contributed by atoms with Crippen LogP contribution in [-0.2, 0) is 6.54 Å². The van der Waals surface area contributed by atoms with E-state index in [1.807, 2.05) is 12.3 Å². The minimum Gasteiger partial charge on any atom is -0.388 e. The Morgan fingerprint density at radius 3 is 3.05 bits per heavy atom. The number of likely N-dealkylation sites (tertiary alicyclic amines) is 1. The van der Waals surface area contributed by atoms with Crippen LogP contribution in [-0.4, -0.2) is 27.5 Å². The monoisotopic (exact) mass is 277 g/mol. The topological polar surface area (TPSA) is 42.2 Å². The van der Waals surface area contributed by atoms with Crippen molar-refractivity contribution in [3.63, 3.8) is 0 Å². The van der Waals surface area contributed by atoms with Crippen molar-refractivity contribution in [1.82, 2.24) is 9.88 Å². The Morgan fingerprint density at radius 2 is 2.32 bits per heavy atom. The number of nitrogens with two attached hydrogens (primary N) is 1. The lowest BCUT2D eigenvalue weighted by Crippen LogP contribution is -2.33. The first-order valence-corrected chi connectivity index (χ1v) is 7.60. The summed E-state index contributed by atoms with van der Waals surface area (Å²) in [6.07, 6.45) is 8.40. The molecule has 0 amide bonds. The van der Waals surface area contributed by atoms with Gasteiger partial charge in [0.1, 0.15) is 4.99 Å². The smallest absolute Gasteiger partial charge is 0.122 e. The van der Waals surface area contributed by atoms with Gasteiger partial charge in [-0.2, -0.15) is 0 Å². The van der Waals surface area contributed by atoms with Crippen molar-refractivity contribution in [2.24, 2.45) is 5.73 Å². The summed E-state index contributed by atoms with van der Waals surface area (Å²) in [4.78, 5) is 7.19.